The van der Waals surface area contributed by atoms with Crippen LogP contribution < -0.4 is 15.8 Å². The molecule has 1 aliphatic rings. The van der Waals surface area contributed by atoms with Gasteiger partial charge in [0.25, 0.3) is 5.56 Å². The molecule has 1 unspecified atom stereocenters. The summed E-state index contributed by atoms with van der Waals surface area (Å²) >= 11 is 0. The highest BCUT2D eigenvalue weighted by Crippen LogP contribution is 2.20. The zero-order valence-electron chi connectivity index (χ0n) is 13.5. The van der Waals surface area contributed by atoms with Gasteiger partial charge in [-0.1, -0.05) is 6.92 Å². The molecule has 0 amide bonds. The van der Waals surface area contributed by atoms with Crippen molar-refractivity contribution in [2.45, 2.75) is 58.5 Å². The second-order valence-electron chi connectivity index (χ2n) is 6.10. The highest BCUT2D eigenvalue weighted by atomic mass is 16.1. The maximum Gasteiger partial charge on any atom is 0.293 e. The van der Waals surface area contributed by atoms with E-state index in [1.165, 1.54) is 6.42 Å². The molecular formula is C16H28N4O. The zero-order valence-corrected chi connectivity index (χ0v) is 13.5. The molecule has 0 aliphatic carbocycles. The topological polar surface area (TPSA) is 50.2 Å². The quantitative estimate of drug-likeness (QED) is 0.817. The van der Waals surface area contributed by atoms with Crippen molar-refractivity contribution >= 4 is 5.82 Å². The Morgan fingerprint density at radius 3 is 2.95 bits per heavy atom. The molecule has 0 aromatic carbocycles. The molecule has 0 radical (unpaired) electrons. The monoisotopic (exact) mass is 292 g/mol. The van der Waals surface area contributed by atoms with E-state index in [0.29, 0.717) is 11.9 Å². The largest absolute Gasteiger partial charge is 0.348 e. The number of hydrogen-bond acceptors (Lipinski definition) is 4. The lowest BCUT2D eigenvalue weighted by molar-refractivity contribution is 0.429. The van der Waals surface area contributed by atoms with E-state index in [1.54, 1.807) is 17.0 Å². The Hall–Kier alpha value is -1.36. The first-order valence-electron chi connectivity index (χ1n) is 8.19. The SMILES string of the molecule is CCCNCC1CCCCN1c1nccn(C(C)C)c1=O. The summed E-state index contributed by atoms with van der Waals surface area (Å²) in [6.45, 7) is 9.13. The summed E-state index contributed by atoms with van der Waals surface area (Å²) in [5.41, 5.74) is 0.0369. The van der Waals surface area contributed by atoms with Crippen LogP contribution in [-0.2, 0) is 0 Å². The molecule has 118 valence electrons. The number of piperidine rings is 1. The molecular weight excluding hydrogens is 264 g/mol. The summed E-state index contributed by atoms with van der Waals surface area (Å²) in [6, 6.07) is 0.550. The third-order valence-electron chi connectivity index (χ3n) is 4.11. The lowest BCUT2D eigenvalue weighted by Gasteiger charge is -2.36. The second-order valence-corrected chi connectivity index (χ2v) is 6.10. The average molecular weight is 292 g/mol. The van der Waals surface area contributed by atoms with Crippen LogP contribution in [0.2, 0.25) is 0 Å². The second kappa shape index (κ2) is 7.59. The molecule has 1 aromatic heterocycles. The van der Waals surface area contributed by atoms with Gasteiger partial charge in [0.1, 0.15) is 0 Å². The van der Waals surface area contributed by atoms with E-state index in [1.807, 2.05) is 13.8 Å². The molecule has 0 bridgehead atoms. The molecule has 0 saturated carbocycles. The highest BCUT2D eigenvalue weighted by Gasteiger charge is 2.25. The number of aromatic nitrogens is 2. The molecule has 2 heterocycles. The summed E-state index contributed by atoms with van der Waals surface area (Å²) in [5, 5.41) is 3.48. The number of nitrogens with one attached hydrogen (secondary N) is 1. The summed E-state index contributed by atoms with van der Waals surface area (Å²) in [5.74, 6) is 0.620. The molecule has 21 heavy (non-hydrogen) atoms. The van der Waals surface area contributed by atoms with Crippen LogP contribution in [0.3, 0.4) is 0 Å². The summed E-state index contributed by atoms with van der Waals surface area (Å²) in [6.07, 6.45) is 8.18. The van der Waals surface area contributed by atoms with Gasteiger partial charge in [0.05, 0.1) is 0 Å². The van der Waals surface area contributed by atoms with Crippen LogP contribution in [0, 0.1) is 0 Å². The normalized spacial score (nSPS) is 19.2. The minimum absolute atomic E-state index is 0.0369. The van der Waals surface area contributed by atoms with Crippen LogP contribution in [0.25, 0.3) is 0 Å². The van der Waals surface area contributed by atoms with Gasteiger partial charge in [-0.15, -0.1) is 0 Å². The minimum atomic E-state index is 0.0369. The molecule has 1 saturated heterocycles. The van der Waals surface area contributed by atoms with E-state index < -0.39 is 0 Å². The molecule has 5 nitrogen and oxygen atoms in total. The Balaban J connectivity index is 2.21. The fraction of sp³-hybridized carbons (Fsp3) is 0.750. The first-order chi connectivity index (χ1) is 10.1. The third-order valence-corrected chi connectivity index (χ3v) is 4.11. The number of hydrogen-bond donors (Lipinski definition) is 1. The Kier molecular flexibility index (Phi) is 5.79. The molecule has 0 spiro atoms. The van der Waals surface area contributed by atoms with Gasteiger partial charge in [0.2, 0.25) is 0 Å². The predicted octanol–water partition coefficient (Wildman–Crippen LogP) is 2.18. The van der Waals surface area contributed by atoms with Gasteiger partial charge in [-0.05, 0) is 46.1 Å². The lowest BCUT2D eigenvalue weighted by Crippen LogP contribution is -2.48. The molecule has 5 heteroatoms. The number of nitrogens with zero attached hydrogens (tertiary/aromatic N) is 3. The van der Waals surface area contributed by atoms with Crippen molar-refractivity contribution in [2.24, 2.45) is 0 Å². The van der Waals surface area contributed by atoms with E-state index in [2.05, 4.69) is 22.1 Å². The first-order valence-corrected chi connectivity index (χ1v) is 8.19. The van der Waals surface area contributed by atoms with Gasteiger partial charge in [0.15, 0.2) is 5.82 Å². The fourth-order valence-corrected chi connectivity index (χ4v) is 2.95. The van der Waals surface area contributed by atoms with Crippen LogP contribution in [0.5, 0.6) is 0 Å². The maximum atomic E-state index is 12.6. The van der Waals surface area contributed by atoms with Crippen molar-refractivity contribution < 1.29 is 0 Å². The van der Waals surface area contributed by atoms with Crippen molar-refractivity contribution in [3.63, 3.8) is 0 Å². The van der Waals surface area contributed by atoms with Gasteiger partial charge < -0.3 is 14.8 Å². The van der Waals surface area contributed by atoms with Crippen LogP contribution in [0.15, 0.2) is 17.2 Å². The maximum absolute atomic E-state index is 12.6. The smallest absolute Gasteiger partial charge is 0.293 e. The van der Waals surface area contributed by atoms with Gasteiger partial charge in [-0.25, -0.2) is 4.98 Å². The van der Waals surface area contributed by atoms with Crippen LogP contribution >= 0.6 is 0 Å². The van der Waals surface area contributed by atoms with Crippen molar-refractivity contribution in [1.82, 2.24) is 14.9 Å². The van der Waals surface area contributed by atoms with Crippen molar-refractivity contribution in [2.75, 3.05) is 24.5 Å². The van der Waals surface area contributed by atoms with Gasteiger partial charge in [-0.2, -0.15) is 0 Å². The molecule has 1 aromatic rings. The van der Waals surface area contributed by atoms with E-state index in [4.69, 9.17) is 0 Å². The zero-order chi connectivity index (χ0) is 15.2. The van der Waals surface area contributed by atoms with Crippen LogP contribution in [0.1, 0.15) is 52.5 Å². The standard InChI is InChI=1S/C16H28N4O/c1-4-8-17-12-14-7-5-6-10-20(14)15-16(21)19(13(2)3)11-9-18-15/h9,11,13-14,17H,4-8,10,12H2,1-3H3. The van der Waals surface area contributed by atoms with Crippen LogP contribution in [0.4, 0.5) is 5.82 Å². The summed E-state index contributed by atoms with van der Waals surface area (Å²) < 4.78 is 1.77. The van der Waals surface area contributed by atoms with Crippen molar-refractivity contribution in [3.05, 3.63) is 22.7 Å². The molecule has 1 fully saturated rings. The Morgan fingerprint density at radius 2 is 2.24 bits per heavy atom. The van der Waals surface area contributed by atoms with Crippen LogP contribution in [-0.4, -0.2) is 35.2 Å². The van der Waals surface area contributed by atoms with Crippen molar-refractivity contribution in [3.8, 4) is 0 Å². The van der Waals surface area contributed by atoms with E-state index in [-0.39, 0.29) is 11.6 Å². The Labute approximate surface area is 127 Å². The van der Waals surface area contributed by atoms with E-state index >= 15 is 0 Å². The van der Waals surface area contributed by atoms with E-state index in [9.17, 15) is 4.79 Å². The predicted molar refractivity (Wildman–Crippen MR) is 87.0 cm³/mol. The average Bonchev–Trinajstić information content (AvgIpc) is 2.48. The highest BCUT2D eigenvalue weighted by molar-refractivity contribution is 5.38. The minimum Gasteiger partial charge on any atom is -0.348 e. The lowest BCUT2D eigenvalue weighted by atomic mass is 10.0. The van der Waals surface area contributed by atoms with Gasteiger partial charge in [-0.3, -0.25) is 4.79 Å². The van der Waals surface area contributed by atoms with Gasteiger partial charge >= 0.3 is 0 Å². The Morgan fingerprint density at radius 1 is 1.43 bits per heavy atom. The van der Waals surface area contributed by atoms with Crippen molar-refractivity contribution in [1.29, 1.82) is 0 Å². The Bertz CT molecular complexity index is 497. The molecule has 1 aliphatic heterocycles. The summed E-state index contributed by atoms with van der Waals surface area (Å²) in [4.78, 5) is 19.2. The molecule has 1 N–H and O–H groups in total. The first kappa shape index (κ1) is 16.0. The van der Waals surface area contributed by atoms with Gasteiger partial charge in [0, 0.05) is 37.6 Å². The number of rotatable bonds is 6. The summed E-state index contributed by atoms with van der Waals surface area (Å²) in [7, 11) is 0. The molecule has 2 rings (SSSR count). The fourth-order valence-electron chi connectivity index (χ4n) is 2.95. The van der Waals surface area contributed by atoms with E-state index in [0.717, 1.165) is 38.9 Å². The third kappa shape index (κ3) is 3.84. The molecule has 1 atom stereocenters. The number of anilines is 1.